The summed E-state index contributed by atoms with van der Waals surface area (Å²) in [5.74, 6) is -2.18. The third-order valence-electron chi connectivity index (χ3n) is 4.39. The van der Waals surface area contributed by atoms with Gasteiger partial charge in [0.1, 0.15) is 6.10 Å². The Bertz CT molecular complexity index is 904. The number of imide groups is 1. The number of aliphatic hydroxyl groups excluding tert-OH is 1. The Labute approximate surface area is 147 Å². The summed E-state index contributed by atoms with van der Waals surface area (Å²) in [5, 5.41) is 20.2. The van der Waals surface area contributed by atoms with Crippen molar-refractivity contribution >= 4 is 17.8 Å². The Morgan fingerprint density at radius 2 is 1.62 bits per heavy atom. The van der Waals surface area contributed by atoms with Gasteiger partial charge in [-0.1, -0.05) is 18.2 Å². The van der Waals surface area contributed by atoms with E-state index < -0.39 is 29.9 Å². The van der Waals surface area contributed by atoms with E-state index in [4.69, 9.17) is 9.47 Å². The predicted octanol–water partition coefficient (Wildman–Crippen LogP) is 1.20. The highest BCUT2D eigenvalue weighted by atomic mass is 16.7. The molecule has 2 aromatic carbocycles. The Balaban J connectivity index is 1.72. The van der Waals surface area contributed by atoms with Crippen LogP contribution in [0.1, 0.15) is 32.4 Å². The molecule has 0 aliphatic carbocycles. The Morgan fingerprint density at radius 1 is 1.00 bits per heavy atom. The fourth-order valence-corrected chi connectivity index (χ4v) is 3.13. The topological polar surface area (TPSA) is 113 Å². The molecule has 2 N–H and O–H groups in total. The highest BCUT2D eigenvalue weighted by Crippen LogP contribution is 2.36. The maximum absolute atomic E-state index is 12.6. The zero-order chi connectivity index (χ0) is 18.4. The van der Waals surface area contributed by atoms with Crippen molar-refractivity contribution in [3.63, 3.8) is 0 Å². The molecule has 26 heavy (non-hydrogen) atoms. The SMILES string of the molecule is O=C(O)[C@@H]([C@@H](O)c1ccc2c(c1)OCO2)N1C(=O)c2ccccc2C1=O. The van der Waals surface area contributed by atoms with Crippen LogP contribution in [0.4, 0.5) is 0 Å². The minimum atomic E-state index is -1.78. The van der Waals surface area contributed by atoms with E-state index in [0.717, 1.165) is 0 Å². The minimum absolute atomic E-state index is 0.0235. The summed E-state index contributed by atoms with van der Waals surface area (Å²) in [6.45, 7) is 0.0235. The lowest BCUT2D eigenvalue weighted by atomic mass is 10.0. The van der Waals surface area contributed by atoms with Gasteiger partial charge in [0.05, 0.1) is 11.1 Å². The van der Waals surface area contributed by atoms with E-state index in [9.17, 15) is 24.6 Å². The first-order valence-corrected chi connectivity index (χ1v) is 7.76. The maximum Gasteiger partial charge on any atom is 0.330 e. The molecule has 0 unspecified atom stereocenters. The molecular formula is C18H13NO7. The van der Waals surface area contributed by atoms with Gasteiger partial charge in [0.25, 0.3) is 11.8 Å². The van der Waals surface area contributed by atoms with Gasteiger partial charge in [-0.15, -0.1) is 0 Å². The molecular weight excluding hydrogens is 342 g/mol. The summed E-state index contributed by atoms with van der Waals surface area (Å²) in [6, 6.07) is 8.70. The summed E-state index contributed by atoms with van der Waals surface area (Å²) in [5.41, 5.74) is 0.418. The van der Waals surface area contributed by atoms with E-state index in [2.05, 4.69) is 0 Å². The molecule has 0 radical (unpaired) electrons. The average molecular weight is 355 g/mol. The van der Waals surface area contributed by atoms with Crippen molar-refractivity contribution < 1.29 is 34.1 Å². The molecule has 2 aliphatic rings. The number of carboxylic acids is 1. The first-order chi connectivity index (χ1) is 12.5. The van der Waals surface area contributed by atoms with Gasteiger partial charge in [0.2, 0.25) is 6.79 Å². The molecule has 2 aromatic rings. The second kappa shape index (κ2) is 5.85. The van der Waals surface area contributed by atoms with Gasteiger partial charge in [0, 0.05) is 0 Å². The fourth-order valence-electron chi connectivity index (χ4n) is 3.13. The van der Waals surface area contributed by atoms with Gasteiger partial charge >= 0.3 is 5.97 Å². The molecule has 0 aromatic heterocycles. The molecule has 2 aliphatic heterocycles. The van der Waals surface area contributed by atoms with E-state index in [1.165, 1.54) is 30.3 Å². The number of nitrogens with zero attached hydrogens (tertiary/aromatic N) is 1. The van der Waals surface area contributed by atoms with Crippen molar-refractivity contribution in [1.29, 1.82) is 0 Å². The molecule has 0 bridgehead atoms. The van der Waals surface area contributed by atoms with Crippen molar-refractivity contribution in [1.82, 2.24) is 4.90 Å². The van der Waals surface area contributed by atoms with Crippen LogP contribution in [0.5, 0.6) is 11.5 Å². The number of amides is 2. The van der Waals surface area contributed by atoms with Crippen molar-refractivity contribution in [3.8, 4) is 11.5 Å². The number of carbonyl (C=O) groups excluding carboxylic acids is 2. The smallest absolute Gasteiger partial charge is 0.330 e. The van der Waals surface area contributed by atoms with Crippen LogP contribution >= 0.6 is 0 Å². The zero-order valence-electron chi connectivity index (χ0n) is 13.3. The van der Waals surface area contributed by atoms with E-state index in [0.29, 0.717) is 16.4 Å². The predicted molar refractivity (Wildman–Crippen MR) is 85.9 cm³/mol. The van der Waals surface area contributed by atoms with Crippen molar-refractivity contribution in [3.05, 3.63) is 59.2 Å². The van der Waals surface area contributed by atoms with Crippen LogP contribution in [-0.2, 0) is 4.79 Å². The molecule has 0 spiro atoms. The number of hydrogen-bond donors (Lipinski definition) is 2. The quantitative estimate of drug-likeness (QED) is 0.792. The third-order valence-corrected chi connectivity index (χ3v) is 4.39. The lowest BCUT2D eigenvalue weighted by molar-refractivity contribution is -0.145. The average Bonchev–Trinajstić information content (AvgIpc) is 3.20. The summed E-state index contributed by atoms with van der Waals surface area (Å²) >= 11 is 0. The summed E-state index contributed by atoms with van der Waals surface area (Å²) in [7, 11) is 0. The number of carbonyl (C=O) groups is 3. The molecule has 8 heteroatoms. The number of benzene rings is 2. The summed E-state index contributed by atoms with van der Waals surface area (Å²) < 4.78 is 10.4. The summed E-state index contributed by atoms with van der Waals surface area (Å²) in [4.78, 5) is 37.5. The van der Waals surface area contributed by atoms with Gasteiger partial charge in [-0.05, 0) is 29.8 Å². The van der Waals surface area contributed by atoms with E-state index in [1.807, 2.05) is 0 Å². The molecule has 2 amide bonds. The first kappa shape index (κ1) is 16.1. The third kappa shape index (κ3) is 2.31. The van der Waals surface area contributed by atoms with Crippen LogP contribution in [0, 0.1) is 0 Å². The van der Waals surface area contributed by atoms with Crippen molar-refractivity contribution in [2.45, 2.75) is 12.1 Å². The number of aliphatic hydroxyl groups is 1. The van der Waals surface area contributed by atoms with Gasteiger partial charge in [-0.3, -0.25) is 14.5 Å². The molecule has 0 saturated heterocycles. The van der Waals surface area contributed by atoms with E-state index >= 15 is 0 Å². The largest absolute Gasteiger partial charge is 0.480 e. The highest BCUT2D eigenvalue weighted by molar-refractivity contribution is 6.22. The van der Waals surface area contributed by atoms with E-state index in [-0.39, 0.29) is 23.5 Å². The second-order valence-corrected chi connectivity index (χ2v) is 5.87. The molecule has 2 atom stereocenters. The van der Waals surface area contributed by atoms with Gasteiger partial charge < -0.3 is 19.7 Å². The molecule has 8 nitrogen and oxygen atoms in total. The molecule has 2 heterocycles. The van der Waals surface area contributed by atoms with Crippen molar-refractivity contribution in [2.75, 3.05) is 6.79 Å². The number of aliphatic carboxylic acids is 1. The standard InChI is InChI=1S/C18H13NO7/c20-15(9-5-6-12-13(7-9)26-8-25-12)14(18(23)24)19-16(21)10-3-1-2-4-11(10)17(19)22/h1-7,14-15,20H,8H2,(H,23,24)/t14-,15+/m1/s1. The number of rotatable bonds is 4. The van der Waals surface area contributed by atoms with Crippen LogP contribution < -0.4 is 9.47 Å². The van der Waals surface area contributed by atoms with Gasteiger partial charge in [-0.2, -0.15) is 0 Å². The fraction of sp³-hybridized carbons (Fsp3) is 0.167. The van der Waals surface area contributed by atoms with Crippen LogP contribution in [-0.4, -0.2) is 45.7 Å². The Kier molecular flexibility index (Phi) is 3.62. The molecule has 0 fully saturated rings. The van der Waals surface area contributed by atoms with Crippen LogP contribution in [0.25, 0.3) is 0 Å². The maximum atomic E-state index is 12.6. The molecule has 4 rings (SSSR count). The number of ether oxygens (including phenoxy) is 2. The number of hydrogen-bond acceptors (Lipinski definition) is 6. The van der Waals surface area contributed by atoms with Crippen LogP contribution in [0.3, 0.4) is 0 Å². The molecule has 0 saturated carbocycles. The summed E-state index contributed by atoms with van der Waals surface area (Å²) in [6.07, 6.45) is -1.63. The Hall–Kier alpha value is -3.39. The van der Waals surface area contributed by atoms with Crippen LogP contribution in [0.15, 0.2) is 42.5 Å². The normalized spacial score (nSPS) is 17.2. The molecule has 132 valence electrons. The first-order valence-electron chi connectivity index (χ1n) is 7.76. The highest BCUT2D eigenvalue weighted by Gasteiger charge is 2.46. The van der Waals surface area contributed by atoms with E-state index in [1.54, 1.807) is 12.1 Å². The zero-order valence-corrected chi connectivity index (χ0v) is 13.3. The lowest BCUT2D eigenvalue weighted by Crippen LogP contribution is -2.48. The van der Waals surface area contributed by atoms with Gasteiger partial charge in [0.15, 0.2) is 17.5 Å². The van der Waals surface area contributed by atoms with Crippen molar-refractivity contribution in [2.24, 2.45) is 0 Å². The second-order valence-electron chi connectivity index (χ2n) is 5.87. The number of carboxylic acid groups (broad SMARTS) is 1. The van der Waals surface area contributed by atoms with Gasteiger partial charge in [-0.25, -0.2) is 4.79 Å². The minimum Gasteiger partial charge on any atom is -0.480 e. The monoisotopic (exact) mass is 355 g/mol. The lowest BCUT2D eigenvalue weighted by Gasteiger charge is -2.27. The number of fused-ring (bicyclic) bond motifs is 2. The van der Waals surface area contributed by atoms with Crippen LogP contribution in [0.2, 0.25) is 0 Å². The Morgan fingerprint density at radius 3 is 2.23 bits per heavy atom.